The van der Waals surface area contributed by atoms with E-state index in [-0.39, 0.29) is 12.2 Å². The zero-order chi connectivity index (χ0) is 15.0. The quantitative estimate of drug-likeness (QED) is 0.845. The lowest BCUT2D eigenvalue weighted by molar-refractivity contribution is -0.0503. The van der Waals surface area contributed by atoms with E-state index in [0.29, 0.717) is 25.5 Å². The number of piperidine rings is 1. The first-order valence-electron chi connectivity index (χ1n) is 7.43. The maximum absolute atomic E-state index is 12.5. The highest BCUT2D eigenvalue weighted by Crippen LogP contribution is 2.42. The maximum atomic E-state index is 12.5. The van der Waals surface area contributed by atoms with E-state index in [1.54, 1.807) is 7.11 Å². The van der Waals surface area contributed by atoms with Crippen LogP contribution in [0.1, 0.15) is 46.5 Å². The molecular weight excluding hydrogens is 258 g/mol. The number of carbonyl (C=O) groups is 1. The Kier molecular flexibility index (Phi) is 4.30. The molecule has 5 heteroatoms. The highest BCUT2D eigenvalue weighted by molar-refractivity contribution is 5.69. The Morgan fingerprint density at radius 3 is 2.75 bits per heavy atom. The number of methoxy groups -OCH3 is 1. The van der Waals surface area contributed by atoms with Crippen LogP contribution in [0, 0.1) is 5.92 Å². The van der Waals surface area contributed by atoms with Crippen LogP contribution < -0.4 is 0 Å². The van der Waals surface area contributed by atoms with Crippen molar-refractivity contribution in [2.45, 2.75) is 63.7 Å². The van der Waals surface area contributed by atoms with Gasteiger partial charge in [-0.1, -0.05) is 0 Å². The summed E-state index contributed by atoms with van der Waals surface area (Å²) < 4.78 is 10.9. The predicted octanol–water partition coefficient (Wildman–Crippen LogP) is 2.17. The fourth-order valence-corrected chi connectivity index (χ4v) is 3.53. The van der Waals surface area contributed by atoms with Gasteiger partial charge in [0.05, 0.1) is 18.2 Å². The van der Waals surface area contributed by atoms with Crippen molar-refractivity contribution < 1.29 is 19.4 Å². The van der Waals surface area contributed by atoms with Crippen LogP contribution in [0.25, 0.3) is 0 Å². The van der Waals surface area contributed by atoms with Gasteiger partial charge in [-0.05, 0) is 52.4 Å². The first kappa shape index (κ1) is 15.6. The Morgan fingerprint density at radius 1 is 1.45 bits per heavy atom. The van der Waals surface area contributed by atoms with Gasteiger partial charge in [0.1, 0.15) is 5.60 Å². The molecule has 0 spiro atoms. The van der Waals surface area contributed by atoms with E-state index in [4.69, 9.17) is 9.47 Å². The summed E-state index contributed by atoms with van der Waals surface area (Å²) in [6, 6.07) is 0. The van der Waals surface area contributed by atoms with Gasteiger partial charge in [0, 0.05) is 13.7 Å². The van der Waals surface area contributed by atoms with Gasteiger partial charge in [0.15, 0.2) is 0 Å². The molecule has 1 amide bonds. The van der Waals surface area contributed by atoms with Gasteiger partial charge in [-0.3, -0.25) is 4.90 Å². The summed E-state index contributed by atoms with van der Waals surface area (Å²) >= 11 is 0. The minimum atomic E-state index is -0.504. The molecule has 2 aliphatic heterocycles. The van der Waals surface area contributed by atoms with Crippen LogP contribution in [0.5, 0.6) is 0 Å². The number of carbonyl (C=O) groups excluding carboxylic acids is 1. The third-order valence-electron chi connectivity index (χ3n) is 4.28. The van der Waals surface area contributed by atoms with Crippen LogP contribution in [0.15, 0.2) is 0 Å². The van der Waals surface area contributed by atoms with Gasteiger partial charge >= 0.3 is 6.09 Å². The van der Waals surface area contributed by atoms with Crippen molar-refractivity contribution >= 4 is 6.09 Å². The molecule has 0 aromatic heterocycles. The molecule has 1 N–H and O–H groups in total. The molecule has 3 aliphatic rings. The molecule has 5 nitrogen and oxygen atoms in total. The van der Waals surface area contributed by atoms with Crippen LogP contribution in [-0.4, -0.2) is 53.6 Å². The topological polar surface area (TPSA) is 59.0 Å². The fourth-order valence-electron chi connectivity index (χ4n) is 3.53. The first-order valence-corrected chi connectivity index (χ1v) is 7.43. The number of nitrogens with zero attached hydrogens (tertiary/aromatic N) is 1. The molecule has 116 valence electrons. The van der Waals surface area contributed by atoms with E-state index in [2.05, 4.69) is 0 Å². The smallest absolute Gasteiger partial charge is 0.410 e. The Morgan fingerprint density at radius 2 is 2.15 bits per heavy atom. The molecule has 3 atom stereocenters. The number of aliphatic hydroxyl groups is 1. The molecule has 3 fully saturated rings. The fraction of sp³-hybridized carbons (Fsp3) is 0.933. The van der Waals surface area contributed by atoms with Crippen molar-refractivity contribution in [1.82, 2.24) is 4.90 Å². The monoisotopic (exact) mass is 285 g/mol. The number of hydrogen-bond acceptors (Lipinski definition) is 4. The van der Waals surface area contributed by atoms with Crippen LogP contribution in [0.4, 0.5) is 4.79 Å². The van der Waals surface area contributed by atoms with E-state index < -0.39 is 11.1 Å². The Balaban J connectivity index is 2.23. The summed E-state index contributed by atoms with van der Waals surface area (Å²) in [6.07, 6.45) is 2.63. The summed E-state index contributed by atoms with van der Waals surface area (Å²) in [4.78, 5) is 14.3. The average molecular weight is 285 g/mol. The second kappa shape index (κ2) is 5.53. The highest BCUT2D eigenvalue weighted by Gasteiger charge is 2.49. The van der Waals surface area contributed by atoms with Gasteiger partial charge < -0.3 is 14.6 Å². The third kappa shape index (κ3) is 3.26. The number of fused-ring (bicyclic) bond motifs is 4. The summed E-state index contributed by atoms with van der Waals surface area (Å²) in [6.45, 7) is 6.74. The van der Waals surface area contributed by atoms with Crippen LogP contribution in [0.3, 0.4) is 0 Å². The van der Waals surface area contributed by atoms with Crippen molar-refractivity contribution in [3.63, 3.8) is 0 Å². The van der Waals surface area contributed by atoms with E-state index in [1.807, 2.05) is 25.7 Å². The number of hydrogen-bond donors (Lipinski definition) is 1. The van der Waals surface area contributed by atoms with E-state index >= 15 is 0 Å². The number of amides is 1. The molecule has 2 bridgehead atoms. The molecular formula is C15H27NO4. The van der Waals surface area contributed by atoms with Crippen LogP contribution in [-0.2, 0) is 9.47 Å². The molecule has 3 rings (SSSR count). The summed E-state index contributed by atoms with van der Waals surface area (Å²) in [5.41, 5.74) is -0.918. The molecule has 0 aromatic carbocycles. The second-order valence-electron chi connectivity index (χ2n) is 7.25. The molecule has 2 saturated heterocycles. The molecule has 1 saturated carbocycles. The number of rotatable bonds is 2. The minimum Gasteiger partial charge on any atom is -0.444 e. The molecule has 0 aromatic rings. The van der Waals surface area contributed by atoms with Crippen molar-refractivity contribution in [3.8, 4) is 0 Å². The number of ether oxygens (including phenoxy) is 2. The zero-order valence-electron chi connectivity index (χ0n) is 13.0. The van der Waals surface area contributed by atoms with E-state index in [0.717, 1.165) is 19.3 Å². The molecule has 0 radical (unpaired) electrons. The van der Waals surface area contributed by atoms with Crippen LogP contribution in [0.2, 0.25) is 0 Å². The van der Waals surface area contributed by atoms with Crippen molar-refractivity contribution in [1.29, 1.82) is 0 Å². The second-order valence-corrected chi connectivity index (χ2v) is 7.25. The molecule has 0 unspecified atom stereocenters. The standard InChI is InChI=1S/C15H27NO4/c1-14(2,3)20-13(18)16-9-11-5-6-15(16,10-19-4)8-12(17)7-11/h11-12,17H,5-10H2,1-4H3/t11-,12+,15-/m1/s1. The van der Waals surface area contributed by atoms with E-state index in [1.165, 1.54) is 0 Å². The third-order valence-corrected chi connectivity index (χ3v) is 4.28. The van der Waals surface area contributed by atoms with Gasteiger partial charge in [-0.2, -0.15) is 0 Å². The maximum Gasteiger partial charge on any atom is 0.410 e. The normalized spacial score (nSPS) is 34.0. The van der Waals surface area contributed by atoms with Crippen LogP contribution >= 0.6 is 0 Å². The first-order chi connectivity index (χ1) is 9.26. The number of aliphatic hydroxyl groups excluding tert-OH is 1. The Hall–Kier alpha value is -0.810. The largest absolute Gasteiger partial charge is 0.444 e. The van der Waals surface area contributed by atoms with E-state index in [9.17, 15) is 9.90 Å². The summed E-state index contributed by atoms with van der Waals surface area (Å²) in [7, 11) is 1.64. The van der Waals surface area contributed by atoms with Crippen molar-refractivity contribution in [3.05, 3.63) is 0 Å². The van der Waals surface area contributed by atoms with Gasteiger partial charge in [-0.15, -0.1) is 0 Å². The highest BCUT2D eigenvalue weighted by atomic mass is 16.6. The lowest BCUT2D eigenvalue weighted by atomic mass is 9.84. The van der Waals surface area contributed by atoms with Gasteiger partial charge in [-0.25, -0.2) is 4.79 Å². The summed E-state index contributed by atoms with van der Waals surface area (Å²) in [5.74, 6) is 0.366. The van der Waals surface area contributed by atoms with Crippen molar-refractivity contribution in [2.75, 3.05) is 20.3 Å². The lowest BCUT2D eigenvalue weighted by Gasteiger charge is -2.46. The summed E-state index contributed by atoms with van der Waals surface area (Å²) in [5, 5.41) is 10.2. The molecule has 2 heterocycles. The Labute approximate surface area is 121 Å². The predicted molar refractivity (Wildman–Crippen MR) is 75.5 cm³/mol. The average Bonchev–Trinajstić information content (AvgIpc) is 2.52. The zero-order valence-corrected chi connectivity index (χ0v) is 13.0. The molecule has 1 aliphatic carbocycles. The lowest BCUT2D eigenvalue weighted by Crippen LogP contribution is -2.59. The minimum absolute atomic E-state index is 0.284. The van der Waals surface area contributed by atoms with Crippen molar-refractivity contribution in [2.24, 2.45) is 5.92 Å². The SMILES string of the molecule is COC[C@@]12CC[C@H](C[C@H](O)C1)CN2C(=O)OC(C)(C)C. The van der Waals surface area contributed by atoms with Gasteiger partial charge in [0.2, 0.25) is 0 Å². The van der Waals surface area contributed by atoms with Gasteiger partial charge in [0.25, 0.3) is 0 Å². The Bertz CT molecular complexity index is 365. The molecule has 20 heavy (non-hydrogen) atoms.